The fraction of sp³-hybridized carbons (Fsp3) is 0.875. The molecule has 0 aromatic carbocycles. The Labute approximate surface area is 123 Å². The van der Waals surface area contributed by atoms with Crippen LogP contribution in [0.1, 0.15) is 66.2 Å². The number of likely N-dealkylation sites (tertiary alicyclic amines) is 1. The van der Waals surface area contributed by atoms with Gasteiger partial charge in [-0.05, 0) is 24.7 Å². The van der Waals surface area contributed by atoms with Crippen LogP contribution < -0.4 is 5.32 Å². The third kappa shape index (κ3) is 6.40. The van der Waals surface area contributed by atoms with Gasteiger partial charge >= 0.3 is 0 Å². The van der Waals surface area contributed by atoms with Crippen LogP contribution in [0.3, 0.4) is 0 Å². The number of carbonyl (C=O) groups excluding carboxylic acids is 2. The van der Waals surface area contributed by atoms with Crippen molar-refractivity contribution in [3.05, 3.63) is 0 Å². The minimum absolute atomic E-state index is 0.0439. The molecule has 0 atom stereocenters. The summed E-state index contributed by atoms with van der Waals surface area (Å²) in [7, 11) is 0. The van der Waals surface area contributed by atoms with Gasteiger partial charge in [0.05, 0.1) is 0 Å². The van der Waals surface area contributed by atoms with Gasteiger partial charge in [-0.2, -0.15) is 0 Å². The number of hydrogen-bond donors (Lipinski definition) is 1. The van der Waals surface area contributed by atoms with Gasteiger partial charge in [-0.1, -0.05) is 34.1 Å². The van der Waals surface area contributed by atoms with Crippen molar-refractivity contribution in [1.82, 2.24) is 10.2 Å². The van der Waals surface area contributed by atoms with Crippen molar-refractivity contribution in [3.63, 3.8) is 0 Å². The zero-order valence-corrected chi connectivity index (χ0v) is 13.5. The number of unbranched alkanes of at least 4 members (excludes halogenated alkanes) is 1. The maximum Gasteiger partial charge on any atom is 0.223 e. The molecule has 0 aromatic rings. The molecule has 4 heteroatoms. The molecule has 0 saturated carbocycles. The molecule has 1 aliphatic rings. The first kappa shape index (κ1) is 17.0. The van der Waals surface area contributed by atoms with E-state index in [1.165, 1.54) is 0 Å². The number of hydrogen-bond acceptors (Lipinski definition) is 2. The Balaban J connectivity index is 2.29. The lowest BCUT2D eigenvalue weighted by Gasteiger charge is -2.34. The highest BCUT2D eigenvalue weighted by atomic mass is 16.2. The molecule has 0 aliphatic carbocycles. The van der Waals surface area contributed by atoms with Gasteiger partial charge < -0.3 is 10.2 Å². The van der Waals surface area contributed by atoms with E-state index in [1.54, 1.807) is 0 Å². The van der Waals surface area contributed by atoms with Gasteiger partial charge in [0, 0.05) is 32.0 Å². The zero-order valence-electron chi connectivity index (χ0n) is 13.5. The first-order valence-corrected chi connectivity index (χ1v) is 7.89. The maximum atomic E-state index is 12.1. The highest BCUT2D eigenvalue weighted by Crippen LogP contribution is 2.21. The van der Waals surface area contributed by atoms with Gasteiger partial charge in [-0.3, -0.25) is 9.59 Å². The fourth-order valence-corrected chi connectivity index (χ4v) is 2.48. The third-order valence-electron chi connectivity index (χ3n) is 3.65. The Morgan fingerprint density at radius 1 is 1.20 bits per heavy atom. The summed E-state index contributed by atoms with van der Waals surface area (Å²) in [6.07, 6.45) is 4.99. The van der Waals surface area contributed by atoms with Gasteiger partial charge in [0.1, 0.15) is 0 Å². The molecule has 20 heavy (non-hydrogen) atoms. The van der Waals surface area contributed by atoms with E-state index >= 15 is 0 Å². The summed E-state index contributed by atoms with van der Waals surface area (Å²) >= 11 is 0. The van der Waals surface area contributed by atoms with Crippen LogP contribution in [0.4, 0.5) is 0 Å². The number of nitrogens with one attached hydrogen (secondary N) is 1. The van der Waals surface area contributed by atoms with Crippen LogP contribution in [0, 0.1) is 5.41 Å². The van der Waals surface area contributed by atoms with Crippen molar-refractivity contribution >= 4 is 11.8 Å². The molecule has 1 rings (SSSR count). The summed E-state index contributed by atoms with van der Waals surface area (Å²) in [6, 6.07) is 0.248. The lowest BCUT2D eigenvalue weighted by atomic mass is 9.91. The summed E-state index contributed by atoms with van der Waals surface area (Å²) in [5, 5.41) is 3.08. The van der Waals surface area contributed by atoms with Crippen LogP contribution in [0.15, 0.2) is 0 Å². The van der Waals surface area contributed by atoms with Gasteiger partial charge in [0.2, 0.25) is 11.8 Å². The van der Waals surface area contributed by atoms with Crippen LogP contribution in [0.5, 0.6) is 0 Å². The topological polar surface area (TPSA) is 49.4 Å². The summed E-state index contributed by atoms with van der Waals surface area (Å²) in [4.78, 5) is 25.7. The van der Waals surface area contributed by atoms with Crippen molar-refractivity contribution in [2.75, 3.05) is 13.1 Å². The molecule has 0 unspecified atom stereocenters. The largest absolute Gasteiger partial charge is 0.353 e. The Bertz CT molecular complexity index is 326. The normalized spacial score (nSPS) is 17.1. The van der Waals surface area contributed by atoms with E-state index in [0.29, 0.717) is 12.8 Å². The lowest BCUT2D eigenvalue weighted by molar-refractivity contribution is -0.134. The average molecular weight is 282 g/mol. The number of rotatable bonds is 5. The van der Waals surface area contributed by atoms with Gasteiger partial charge in [0.15, 0.2) is 0 Å². The minimum atomic E-state index is 0.0439. The lowest BCUT2D eigenvalue weighted by Crippen LogP contribution is -2.47. The third-order valence-corrected chi connectivity index (χ3v) is 3.65. The van der Waals surface area contributed by atoms with E-state index in [2.05, 4.69) is 33.0 Å². The van der Waals surface area contributed by atoms with Gasteiger partial charge in [-0.15, -0.1) is 0 Å². The van der Waals surface area contributed by atoms with Crippen molar-refractivity contribution < 1.29 is 9.59 Å². The fourth-order valence-electron chi connectivity index (χ4n) is 2.48. The van der Waals surface area contributed by atoms with E-state index in [0.717, 1.165) is 38.8 Å². The van der Waals surface area contributed by atoms with Crippen LogP contribution >= 0.6 is 0 Å². The Kier molecular flexibility index (Phi) is 6.50. The second-order valence-electron chi connectivity index (χ2n) is 7.06. The molecule has 1 aliphatic heterocycles. The van der Waals surface area contributed by atoms with E-state index in [-0.39, 0.29) is 23.3 Å². The summed E-state index contributed by atoms with van der Waals surface area (Å²) < 4.78 is 0. The van der Waals surface area contributed by atoms with Crippen LogP contribution in [-0.4, -0.2) is 35.8 Å². The molecule has 0 radical (unpaired) electrons. The van der Waals surface area contributed by atoms with Crippen molar-refractivity contribution in [2.24, 2.45) is 5.41 Å². The molecule has 0 bridgehead atoms. The molecule has 116 valence electrons. The molecule has 2 amide bonds. The predicted octanol–water partition coefficient (Wildman–Crippen LogP) is 2.72. The van der Waals surface area contributed by atoms with E-state index in [1.807, 2.05) is 4.90 Å². The second-order valence-corrected chi connectivity index (χ2v) is 7.06. The van der Waals surface area contributed by atoms with Crippen LogP contribution in [-0.2, 0) is 9.59 Å². The molecule has 0 aromatic heterocycles. The molecule has 4 nitrogen and oxygen atoms in total. The quantitative estimate of drug-likeness (QED) is 0.843. The molecular formula is C16H30N2O2. The summed E-state index contributed by atoms with van der Waals surface area (Å²) in [5.74, 6) is 0.402. The highest BCUT2D eigenvalue weighted by Gasteiger charge is 2.26. The molecule has 1 N–H and O–H groups in total. The zero-order chi connectivity index (χ0) is 15.2. The molecule has 1 heterocycles. The second kappa shape index (κ2) is 7.65. The SMILES string of the molecule is CCCCC(=O)NC1CCN(C(=O)CC(C)(C)C)CC1. The number of piperidine rings is 1. The first-order chi connectivity index (χ1) is 9.31. The van der Waals surface area contributed by atoms with Gasteiger partial charge in [0.25, 0.3) is 0 Å². The Morgan fingerprint density at radius 3 is 2.30 bits per heavy atom. The molecular weight excluding hydrogens is 252 g/mol. The van der Waals surface area contributed by atoms with Gasteiger partial charge in [-0.25, -0.2) is 0 Å². The number of nitrogens with zero attached hydrogens (tertiary/aromatic N) is 1. The van der Waals surface area contributed by atoms with E-state index in [9.17, 15) is 9.59 Å². The average Bonchev–Trinajstić information content (AvgIpc) is 2.35. The van der Waals surface area contributed by atoms with Crippen molar-refractivity contribution in [1.29, 1.82) is 0 Å². The number of carbonyl (C=O) groups is 2. The molecule has 0 spiro atoms. The molecule has 1 saturated heterocycles. The molecule has 1 fully saturated rings. The maximum absolute atomic E-state index is 12.1. The Hall–Kier alpha value is -1.06. The van der Waals surface area contributed by atoms with E-state index < -0.39 is 0 Å². The Morgan fingerprint density at radius 2 is 1.80 bits per heavy atom. The summed E-state index contributed by atoms with van der Waals surface area (Å²) in [5.41, 5.74) is 0.0439. The van der Waals surface area contributed by atoms with Crippen molar-refractivity contribution in [2.45, 2.75) is 72.3 Å². The summed E-state index contributed by atoms with van der Waals surface area (Å²) in [6.45, 7) is 9.90. The first-order valence-electron chi connectivity index (χ1n) is 7.89. The number of amides is 2. The smallest absolute Gasteiger partial charge is 0.223 e. The standard InChI is InChI=1S/C16H30N2O2/c1-5-6-7-14(19)17-13-8-10-18(11-9-13)15(20)12-16(2,3)4/h13H,5-12H2,1-4H3,(H,17,19). The van der Waals surface area contributed by atoms with Crippen LogP contribution in [0.25, 0.3) is 0 Å². The monoisotopic (exact) mass is 282 g/mol. The van der Waals surface area contributed by atoms with E-state index in [4.69, 9.17) is 0 Å². The highest BCUT2D eigenvalue weighted by molar-refractivity contribution is 5.77. The predicted molar refractivity (Wildman–Crippen MR) is 81.3 cm³/mol. The minimum Gasteiger partial charge on any atom is -0.353 e. The van der Waals surface area contributed by atoms with Crippen molar-refractivity contribution in [3.8, 4) is 0 Å². The van der Waals surface area contributed by atoms with Crippen LogP contribution in [0.2, 0.25) is 0 Å².